The van der Waals surface area contributed by atoms with Crippen LogP contribution in [0.4, 0.5) is 0 Å². The lowest BCUT2D eigenvalue weighted by molar-refractivity contribution is 0.0504. The molecule has 0 heterocycles. The predicted molar refractivity (Wildman–Crippen MR) is 106 cm³/mol. The molecule has 0 amide bonds. The number of carbonyl (C=O) groups excluding carboxylic acids is 1. The summed E-state index contributed by atoms with van der Waals surface area (Å²) in [7, 11) is 6.07. The minimum absolute atomic E-state index is 0.254. The maximum Gasteiger partial charge on any atom is 0.339 e. The van der Waals surface area contributed by atoms with Crippen LogP contribution in [0, 0.1) is 11.8 Å². The fourth-order valence-corrected chi connectivity index (χ4v) is 2.52. The van der Waals surface area contributed by atoms with Crippen molar-refractivity contribution in [3.05, 3.63) is 47.0 Å². The van der Waals surface area contributed by atoms with Crippen LogP contribution in [-0.4, -0.2) is 41.0 Å². The molecule has 0 radical (unpaired) electrons. The van der Waals surface area contributed by atoms with Gasteiger partial charge in [0.15, 0.2) is 11.5 Å². The second-order valence-electron chi connectivity index (χ2n) is 5.68. The molecule has 2 rings (SSSR count). The van der Waals surface area contributed by atoms with E-state index in [4.69, 9.17) is 23.7 Å². The van der Waals surface area contributed by atoms with Gasteiger partial charge in [0.25, 0.3) is 0 Å². The summed E-state index contributed by atoms with van der Waals surface area (Å²) in [5.74, 6) is 7.32. The van der Waals surface area contributed by atoms with Crippen molar-refractivity contribution in [2.75, 3.05) is 35.0 Å². The Morgan fingerprint density at radius 1 is 0.893 bits per heavy atom. The molecular formula is C22H24O6. The lowest BCUT2D eigenvalue weighted by Gasteiger charge is -2.16. The van der Waals surface area contributed by atoms with Gasteiger partial charge >= 0.3 is 5.97 Å². The van der Waals surface area contributed by atoms with Crippen molar-refractivity contribution < 1.29 is 28.5 Å². The van der Waals surface area contributed by atoms with Gasteiger partial charge in [-0.05, 0) is 30.7 Å². The van der Waals surface area contributed by atoms with Gasteiger partial charge in [0, 0.05) is 11.6 Å². The largest absolute Gasteiger partial charge is 0.497 e. The molecule has 2 aromatic carbocycles. The molecule has 0 bridgehead atoms. The first kappa shape index (κ1) is 21.0. The van der Waals surface area contributed by atoms with Gasteiger partial charge < -0.3 is 23.7 Å². The van der Waals surface area contributed by atoms with Crippen molar-refractivity contribution in [3.8, 4) is 34.8 Å². The lowest BCUT2D eigenvalue weighted by atomic mass is 10.0. The highest BCUT2D eigenvalue weighted by molar-refractivity contribution is 5.95. The van der Waals surface area contributed by atoms with Gasteiger partial charge in [-0.25, -0.2) is 4.79 Å². The van der Waals surface area contributed by atoms with Crippen molar-refractivity contribution >= 4 is 5.97 Å². The standard InChI is InChI=1S/C22H24O6/c1-6-13-28-22(23)18-14-19(25-3)21(27-5)20(26-4)17(18)12-9-15-7-10-16(24-2)11-8-15/h7-8,10-11,14H,6,13H2,1-5H3. The van der Waals surface area contributed by atoms with Gasteiger partial charge in [-0.2, -0.15) is 0 Å². The molecule has 0 fully saturated rings. The van der Waals surface area contributed by atoms with Crippen LogP contribution in [0.5, 0.6) is 23.0 Å². The third kappa shape index (κ3) is 4.68. The van der Waals surface area contributed by atoms with Crippen LogP contribution in [0.25, 0.3) is 0 Å². The second-order valence-corrected chi connectivity index (χ2v) is 5.68. The topological polar surface area (TPSA) is 63.2 Å². The molecule has 0 unspecified atom stereocenters. The molecule has 0 aliphatic carbocycles. The Bertz CT molecular complexity index is 875. The van der Waals surface area contributed by atoms with Gasteiger partial charge in [0.05, 0.1) is 46.2 Å². The third-order valence-electron chi connectivity index (χ3n) is 3.91. The van der Waals surface area contributed by atoms with Gasteiger partial charge in [-0.15, -0.1) is 0 Å². The SMILES string of the molecule is CCCOC(=O)c1cc(OC)c(OC)c(OC)c1C#Cc1ccc(OC)cc1. The Kier molecular flexibility index (Phi) is 7.58. The third-order valence-corrected chi connectivity index (χ3v) is 3.91. The second kappa shape index (κ2) is 10.1. The summed E-state index contributed by atoms with van der Waals surface area (Å²) in [6, 6.07) is 8.83. The maximum absolute atomic E-state index is 12.6. The maximum atomic E-state index is 12.6. The first-order valence-corrected chi connectivity index (χ1v) is 8.75. The van der Waals surface area contributed by atoms with E-state index < -0.39 is 5.97 Å². The number of carbonyl (C=O) groups is 1. The van der Waals surface area contributed by atoms with E-state index >= 15 is 0 Å². The zero-order valence-corrected chi connectivity index (χ0v) is 16.8. The summed E-state index contributed by atoms with van der Waals surface area (Å²) < 4.78 is 26.7. The van der Waals surface area contributed by atoms with Crippen LogP contribution >= 0.6 is 0 Å². The highest BCUT2D eigenvalue weighted by Crippen LogP contribution is 2.42. The molecule has 28 heavy (non-hydrogen) atoms. The molecule has 6 nitrogen and oxygen atoms in total. The molecule has 0 aliphatic heterocycles. The van der Waals surface area contributed by atoms with Crippen molar-refractivity contribution in [1.82, 2.24) is 0 Å². The zero-order chi connectivity index (χ0) is 20.5. The minimum Gasteiger partial charge on any atom is -0.497 e. The van der Waals surface area contributed by atoms with Gasteiger partial charge in [0.2, 0.25) is 5.75 Å². The summed E-state index contributed by atoms with van der Waals surface area (Å²) in [6.45, 7) is 2.23. The molecule has 6 heteroatoms. The predicted octanol–water partition coefficient (Wildman–Crippen LogP) is 3.69. The van der Waals surface area contributed by atoms with Gasteiger partial charge in [-0.1, -0.05) is 18.8 Å². The average molecular weight is 384 g/mol. The van der Waals surface area contributed by atoms with E-state index in [0.29, 0.717) is 35.8 Å². The number of benzene rings is 2. The fourth-order valence-electron chi connectivity index (χ4n) is 2.52. The number of esters is 1. The van der Waals surface area contributed by atoms with E-state index in [9.17, 15) is 4.79 Å². The van der Waals surface area contributed by atoms with E-state index in [0.717, 1.165) is 11.3 Å². The molecule has 0 aliphatic rings. The van der Waals surface area contributed by atoms with Gasteiger partial charge in [-0.3, -0.25) is 0 Å². The molecule has 148 valence electrons. The lowest BCUT2D eigenvalue weighted by Crippen LogP contribution is -2.10. The Balaban J connectivity index is 2.61. The molecule has 0 spiro atoms. The van der Waals surface area contributed by atoms with Crippen molar-refractivity contribution in [2.45, 2.75) is 13.3 Å². The number of ether oxygens (including phenoxy) is 5. The van der Waals surface area contributed by atoms with E-state index in [1.54, 1.807) is 13.2 Å². The molecule has 0 atom stereocenters. The van der Waals surface area contributed by atoms with Crippen LogP contribution in [0.2, 0.25) is 0 Å². The Labute approximate surface area is 165 Å². The first-order chi connectivity index (χ1) is 13.6. The monoisotopic (exact) mass is 384 g/mol. The van der Waals surface area contributed by atoms with E-state index in [2.05, 4.69) is 11.8 Å². The number of rotatable bonds is 7. The zero-order valence-electron chi connectivity index (χ0n) is 16.8. The summed E-state index contributed by atoms with van der Waals surface area (Å²) in [6.07, 6.45) is 0.711. The van der Waals surface area contributed by atoms with Crippen LogP contribution < -0.4 is 18.9 Å². The van der Waals surface area contributed by atoms with E-state index in [1.807, 2.05) is 31.2 Å². The van der Waals surface area contributed by atoms with Crippen LogP contribution in [0.15, 0.2) is 30.3 Å². The normalized spacial score (nSPS) is 9.75. The van der Waals surface area contributed by atoms with Crippen molar-refractivity contribution in [3.63, 3.8) is 0 Å². The summed E-state index contributed by atoms with van der Waals surface area (Å²) in [5, 5.41) is 0. The van der Waals surface area contributed by atoms with Crippen LogP contribution in [-0.2, 0) is 4.74 Å². The summed E-state index contributed by atoms with van der Waals surface area (Å²) >= 11 is 0. The molecule has 0 saturated heterocycles. The molecule has 0 N–H and O–H groups in total. The Morgan fingerprint density at radius 2 is 1.57 bits per heavy atom. The molecular weight excluding hydrogens is 360 g/mol. The highest BCUT2D eigenvalue weighted by atomic mass is 16.5. The number of hydrogen-bond acceptors (Lipinski definition) is 6. The fraction of sp³-hybridized carbons (Fsp3) is 0.318. The van der Waals surface area contributed by atoms with Gasteiger partial charge in [0.1, 0.15) is 5.75 Å². The summed E-state index contributed by atoms with van der Waals surface area (Å²) in [4.78, 5) is 12.6. The quantitative estimate of drug-likeness (QED) is 0.536. The van der Waals surface area contributed by atoms with Crippen molar-refractivity contribution in [2.24, 2.45) is 0 Å². The molecule has 0 saturated carbocycles. The highest BCUT2D eigenvalue weighted by Gasteiger charge is 2.24. The Morgan fingerprint density at radius 3 is 2.11 bits per heavy atom. The van der Waals surface area contributed by atoms with Crippen LogP contribution in [0.1, 0.15) is 34.8 Å². The van der Waals surface area contributed by atoms with E-state index in [-0.39, 0.29) is 5.56 Å². The minimum atomic E-state index is -0.500. The summed E-state index contributed by atoms with van der Waals surface area (Å²) in [5.41, 5.74) is 1.38. The smallest absolute Gasteiger partial charge is 0.339 e. The van der Waals surface area contributed by atoms with Crippen LogP contribution in [0.3, 0.4) is 0 Å². The number of hydrogen-bond donors (Lipinski definition) is 0. The number of methoxy groups -OCH3 is 4. The van der Waals surface area contributed by atoms with E-state index in [1.165, 1.54) is 21.3 Å². The average Bonchev–Trinajstić information content (AvgIpc) is 2.74. The first-order valence-electron chi connectivity index (χ1n) is 8.75. The molecule has 2 aromatic rings. The Hall–Kier alpha value is -3.33. The molecule has 0 aromatic heterocycles. The van der Waals surface area contributed by atoms with Crippen molar-refractivity contribution in [1.29, 1.82) is 0 Å².